The van der Waals surface area contributed by atoms with E-state index in [1.54, 1.807) is 0 Å². The van der Waals surface area contributed by atoms with Crippen LogP contribution in [0.1, 0.15) is 51.4 Å². The monoisotopic (exact) mass is 215 g/mol. The zero-order valence-corrected chi connectivity index (χ0v) is 9.38. The van der Waals surface area contributed by atoms with Crippen molar-refractivity contribution in [2.45, 2.75) is 63.5 Å². The van der Waals surface area contributed by atoms with Crippen molar-refractivity contribution < 1.29 is 9.47 Å². The van der Waals surface area contributed by atoms with Gasteiger partial charge in [-0.2, -0.15) is 4.94 Å². The minimum Gasteiger partial charge on any atom is -0.311 e. The highest BCUT2D eigenvalue weighted by atomic mass is 19.3. The van der Waals surface area contributed by atoms with Gasteiger partial charge in [0, 0.05) is 6.04 Å². The molecule has 0 aromatic heterocycles. The summed E-state index contributed by atoms with van der Waals surface area (Å²) in [5.41, 5.74) is 0. The number of rotatable bonds is 3. The van der Waals surface area contributed by atoms with Crippen molar-refractivity contribution in [3.05, 3.63) is 0 Å². The quantitative estimate of drug-likeness (QED) is 0.781. The fraction of sp³-hybridized carbons (Fsp3) is 1.00. The third-order valence-corrected chi connectivity index (χ3v) is 3.96. The van der Waals surface area contributed by atoms with Gasteiger partial charge in [0.15, 0.2) is 0 Å². The number of nitrogens with one attached hydrogen (secondary N) is 1. The van der Waals surface area contributed by atoms with Gasteiger partial charge in [-0.25, -0.2) is 0 Å². The van der Waals surface area contributed by atoms with E-state index in [4.69, 9.17) is 0 Å². The topological polar surface area (TPSA) is 21.3 Å². The number of hydrogen-bond donors (Lipinski definition) is 1. The lowest BCUT2D eigenvalue weighted by atomic mass is 9.81. The molecule has 2 rings (SSSR count). The first-order valence-corrected chi connectivity index (χ1v) is 6.42. The average Bonchev–Trinajstić information content (AvgIpc) is 2.33. The summed E-state index contributed by atoms with van der Waals surface area (Å²) in [7, 11) is 0. The Balaban J connectivity index is 1.88. The van der Waals surface area contributed by atoms with Gasteiger partial charge in [-0.15, -0.1) is 0 Å². The van der Waals surface area contributed by atoms with Gasteiger partial charge >= 0.3 is 0 Å². The Morgan fingerprint density at radius 1 is 1.00 bits per heavy atom. The minimum absolute atomic E-state index is 0.189. The van der Waals surface area contributed by atoms with E-state index in [2.05, 4.69) is 10.3 Å². The third-order valence-electron chi connectivity index (χ3n) is 3.96. The molecule has 2 unspecified atom stereocenters. The molecule has 0 amide bonds. The number of halogens is 1. The first-order chi connectivity index (χ1) is 7.42. The van der Waals surface area contributed by atoms with Crippen molar-refractivity contribution in [2.24, 2.45) is 5.92 Å². The first kappa shape index (κ1) is 11.3. The van der Waals surface area contributed by atoms with Crippen molar-refractivity contribution in [3.63, 3.8) is 0 Å². The van der Waals surface area contributed by atoms with Crippen LogP contribution in [0.3, 0.4) is 0 Å². The van der Waals surface area contributed by atoms with E-state index in [0.29, 0.717) is 5.92 Å². The van der Waals surface area contributed by atoms with Crippen molar-refractivity contribution in [2.75, 3.05) is 6.54 Å². The highest BCUT2D eigenvalue weighted by molar-refractivity contribution is 4.86. The third kappa shape index (κ3) is 2.91. The van der Waals surface area contributed by atoms with Crippen LogP contribution in [0.25, 0.3) is 0 Å². The van der Waals surface area contributed by atoms with E-state index in [-0.39, 0.29) is 12.1 Å². The molecule has 2 nitrogen and oxygen atoms in total. The van der Waals surface area contributed by atoms with E-state index < -0.39 is 0 Å². The van der Waals surface area contributed by atoms with Gasteiger partial charge in [-0.1, -0.05) is 25.7 Å². The Morgan fingerprint density at radius 3 is 2.33 bits per heavy atom. The molecule has 3 heteroatoms. The zero-order valence-electron chi connectivity index (χ0n) is 9.38. The van der Waals surface area contributed by atoms with Gasteiger partial charge in [0.05, 0.1) is 0 Å². The molecule has 1 aliphatic carbocycles. The summed E-state index contributed by atoms with van der Waals surface area (Å²) >= 11 is 0. The lowest BCUT2D eigenvalue weighted by Gasteiger charge is -2.35. The second-order valence-electron chi connectivity index (χ2n) is 5.01. The molecular formula is C12H22FNO. The van der Waals surface area contributed by atoms with E-state index in [0.717, 1.165) is 25.8 Å². The van der Waals surface area contributed by atoms with Gasteiger partial charge in [0.1, 0.15) is 6.10 Å². The molecule has 0 radical (unpaired) electrons. The van der Waals surface area contributed by atoms with Crippen LogP contribution in [0.5, 0.6) is 0 Å². The molecule has 1 heterocycles. The molecule has 1 N–H and O–H groups in total. The van der Waals surface area contributed by atoms with Gasteiger partial charge in [-0.05, 0) is 42.7 Å². The molecule has 15 heavy (non-hydrogen) atoms. The fourth-order valence-electron chi connectivity index (χ4n) is 3.09. The van der Waals surface area contributed by atoms with E-state index >= 15 is 0 Å². The molecule has 0 bridgehead atoms. The summed E-state index contributed by atoms with van der Waals surface area (Å²) in [5.74, 6) is 0.444. The molecule has 2 atom stereocenters. The summed E-state index contributed by atoms with van der Waals surface area (Å²) in [5, 5.41) is 3.40. The molecule has 2 fully saturated rings. The standard InChI is InChI=1S/C12H22FNO/c13-15-12(10-6-2-1-3-7-10)11-8-4-5-9-14-11/h10-12,14H,1-9H2. The fourth-order valence-corrected chi connectivity index (χ4v) is 3.09. The van der Waals surface area contributed by atoms with Gasteiger partial charge in [0.2, 0.25) is 0 Å². The van der Waals surface area contributed by atoms with Crippen LogP contribution in [-0.2, 0) is 4.94 Å². The molecular weight excluding hydrogens is 193 g/mol. The Bertz CT molecular complexity index is 158. The Kier molecular flexibility index (Phi) is 4.39. The maximum Gasteiger partial charge on any atom is 0.116 e. The van der Waals surface area contributed by atoms with Crippen molar-refractivity contribution >= 4 is 0 Å². The predicted octanol–water partition coefficient (Wildman–Crippen LogP) is 2.98. The predicted molar refractivity (Wildman–Crippen MR) is 58.2 cm³/mol. The van der Waals surface area contributed by atoms with Gasteiger partial charge in [-0.3, -0.25) is 0 Å². The van der Waals surface area contributed by atoms with Crippen LogP contribution >= 0.6 is 0 Å². The van der Waals surface area contributed by atoms with Crippen LogP contribution in [0, 0.1) is 5.92 Å². The van der Waals surface area contributed by atoms with Crippen molar-refractivity contribution in [1.29, 1.82) is 0 Å². The smallest absolute Gasteiger partial charge is 0.116 e. The van der Waals surface area contributed by atoms with Gasteiger partial charge < -0.3 is 5.32 Å². The van der Waals surface area contributed by atoms with Crippen molar-refractivity contribution in [3.8, 4) is 0 Å². The van der Waals surface area contributed by atoms with Crippen molar-refractivity contribution in [1.82, 2.24) is 5.32 Å². The maximum atomic E-state index is 12.7. The first-order valence-electron chi connectivity index (χ1n) is 6.42. The van der Waals surface area contributed by atoms with Crippen LogP contribution in [-0.4, -0.2) is 18.7 Å². The SMILES string of the molecule is FOC(C1CCCCC1)C1CCCCN1. The lowest BCUT2D eigenvalue weighted by Crippen LogP contribution is -2.47. The van der Waals surface area contributed by atoms with E-state index in [9.17, 15) is 4.53 Å². The summed E-state index contributed by atoms with van der Waals surface area (Å²) in [6.45, 7) is 1.03. The molecule has 1 saturated carbocycles. The summed E-state index contributed by atoms with van der Waals surface area (Å²) in [6.07, 6.45) is 9.42. The zero-order chi connectivity index (χ0) is 10.5. The Labute approximate surface area is 91.5 Å². The van der Waals surface area contributed by atoms with Crippen LogP contribution in [0.2, 0.25) is 0 Å². The largest absolute Gasteiger partial charge is 0.311 e. The molecule has 2 aliphatic rings. The molecule has 1 aliphatic heterocycles. The summed E-state index contributed by atoms with van der Waals surface area (Å²) in [6, 6.07) is 0.256. The van der Waals surface area contributed by atoms with Gasteiger partial charge in [0.25, 0.3) is 0 Å². The van der Waals surface area contributed by atoms with Crippen LogP contribution in [0.15, 0.2) is 0 Å². The Morgan fingerprint density at radius 2 is 1.73 bits per heavy atom. The summed E-state index contributed by atoms with van der Waals surface area (Å²) in [4.78, 5) is 4.27. The minimum atomic E-state index is -0.189. The normalized spacial score (nSPS) is 31.4. The van der Waals surface area contributed by atoms with Crippen LogP contribution < -0.4 is 5.32 Å². The van der Waals surface area contributed by atoms with E-state index in [1.807, 2.05) is 0 Å². The maximum absolute atomic E-state index is 12.7. The number of piperidine rings is 1. The molecule has 0 aromatic rings. The second kappa shape index (κ2) is 5.80. The Hall–Kier alpha value is -0.150. The van der Waals surface area contributed by atoms with Crippen LogP contribution in [0.4, 0.5) is 4.53 Å². The molecule has 88 valence electrons. The molecule has 0 spiro atoms. The average molecular weight is 215 g/mol. The molecule has 1 saturated heterocycles. The highest BCUT2D eigenvalue weighted by Gasteiger charge is 2.32. The number of hydrogen-bond acceptors (Lipinski definition) is 2. The highest BCUT2D eigenvalue weighted by Crippen LogP contribution is 2.31. The second-order valence-corrected chi connectivity index (χ2v) is 5.01. The molecule has 0 aromatic carbocycles. The lowest BCUT2D eigenvalue weighted by molar-refractivity contribution is -0.210. The van der Waals surface area contributed by atoms with E-state index in [1.165, 1.54) is 32.1 Å². The summed E-state index contributed by atoms with van der Waals surface area (Å²) < 4.78 is 12.7.